The van der Waals surface area contributed by atoms with E-state index in [0.717, 1.165) is 6.42 Å². The van der Waals surface area contributed by atoms with E-state index in [-0.39, 0.29) is 5.41 Å². The van der Waals surface area contributed by atoms with Gasteiger partial charge in [-0.25, -0.2) is 0 Å². The molecule has 1 unspecified atom stereocenters. The zero-order chi connectivity index (χ0) is 6.91. The molecule has 9 heavy (non-hydrogen) atoms. The highest BCUT2D eigenvalue weighted by Crippen LogP contribution is 2.46. The highest BCUT2D eigenvalue weighted by atomic mass is 14.5. The number of hydrogen-bond acceptors (Lipinski definition) is 1. The molecule has 50 valence electrons. The number of rotatable bonds is 2. The Morgan fingerprint density at radius 3 is 2.33 bits per heavy atom. The molecule has 1 aliphatic rings. The third-order valence-electron chi connectivity index (χ3n) is 2.47. The van der Waals surface area contributed by atoms with Crippen LogP contribution in [0, 0.1) is 22.7 Å². The molecule has 1 saturated carbocycles. The molecule has 0 aromatic carbocycles. The molecule has 0 aromatic heterocycles. The van der Waals surface area contributed by atoms with Crippen LogP contribution >= 0.6 is 0 Å². The van der Waals surface area contributed by atoms with Gasteiger partial charge in [-0.2, -0.15) is 5.26 Å². The quantitative estimate of drug-likeness (QED) is 0.553. The van der Waals surface area contributed by atoms with E-state index in [9.17, 15) is 0 Å². The van der Waals surface area contributed by atoms with Gasteiger partial charge >= 0.3 is 0 Å². The van der Waals surface area contributed by atoms with Crippen molar-refractivity contribution in [1.82, 2.24) is 0 Å². The van der Waals surface area contributed by atoms with Crippen LogP contribution < -0.4 is 0 Å². The van der Waals surface area contributed by atoms with Crippen molar-refractivity contribution < 1.29 is 0 Å². The Kier molecular flexibility index (Phi) is 1.48. The van der Waals surface area contributed by atoms with Crippen molar-refractivity contribution in [2.75, 3.05) is 0 Å². The van der Waals surface area contributed by atoms with Gasteiger partial charge in [0.15, 0.2) is 0 Å². The summed E-state index contributed by atoms with van der Waals surface area (Å²) in [6, 6.07) is 2.39. The second-order valence-electron chi connectivity index (χ2n) is 3.16. The standard InChI is InChI=1S/C8H13N/c1-3-8(2,6-9)7-4-5-7/h7H,3-5H2,1-2H3. The topological polar surface area (TPSA) is 23.8 Å². The smallest absolute Gasteiger partial charge is 0.0689 e. The summed E-state index contributed by atoms with van der Waals surface area (Å²) in [4.78, 5) is 0. The van der Waals surface area contributed by atoms with Crippen molar-refractivity contribution in [3.8, 4) is 6.07 Å². The number of hydrogen-bond donors (Lipinski definition) is 0. The predicted molar refractivity (Wildman–Crippen MR) is 36.7 cm³/mol. The highest BCUT2D eigenvalue weighted by Gasteiger charge is 2.40. The molecule has 0 bridgehead atoms. The van der Waals surface area contributed by atoms with Gasteiger partial charge in [-0.15, -0.1) is 0 Å². The minimum atomic E-state index is 0.000000000000000222. The lowest BCUT2D eigenvalue weighted by Crippen LogP contribution is -2.14. The molecular formula is C8H13N. The van der Waals surface area contributed by atoms with Crippen molar-refractivity contribution in [3.63, 3.8) is 0 Å². The van der Waals surface area contributed by atoms with Gasteiger partial charge in [0.05, 0.1) is 11.5 Å². The molecular weight excluding hydrogens is 110 g/mol. The third-order valence-corrected chi connectivity index (χ3v) is 2.47. The monoisotopic (exact) mass is 123 g/mol. The molecule has 0 radical (unpaired) electrons. The van der Waals surface area contributed by atoms with Crippen LogP contribution in [0.1, 0.15) is 33.1 Å². The summed E-state index contributed by atoms with van der Waals surface area (Å²) in [6.45, 7) is 4.17. The van der Waals surface area contributed by atoms with Crippen LogP contribution in [0.4, 0.5) is 0 Å². The average Bonchev–Trinajstić information content (AvgIpc) is 2.68. The van der Waals surface area contributed by atoms with Crippen molar-refractivity contribution >= 4 is 0 Å². The van der Waals surface area contributed by atoms with Crippen molar-refractivity contribution in [2.45, 2.75) is 33.1 Å². The first kappa shape index (κ1) is 6.61. The highest BCUT2D eigenvalue weighted by molar-refractivity contribution is 5.04. The molecule has 1 fully saturated rings. The zero-order valence-corrected chi connectivity index (χ0v) is 6.15. The first-order chi connectivity index (χ1) is 4.23. The fourth-order valence-electron chi connectivity index (χ4n) is 1.18. The maximum atomic E-state index is 8.75. The van der Waals surface area contributed by atoms with Crippen molar-refractivity contribution in [3.05, 3.63) is 0 Å². The predicted octanol–water partition coefficient (Wildman–Crippen LogP) is 2.34. The van der Waals surface area contributed by atoms with Gasteiger partial charge in [0.1, 0.15) is 0 Å². The van der Waals surface area contributed by atoms with E-state index in [4.69, 9.17) is 5.26 Å². The van der Waals surface area contributed by atoms with Crippen LogP contribution in [0.25, 0.3) is 0 Å². The Morgan fingerprint density at radius 1 is 1.67 bits per heavy atom. The van der Waals surface area contributed by atoms with Gasteiger partial charge < -0.3 is 0 Å². The molecule has 1 atom stereocenters. The Bertz CT molecular complexity index is 141. The summed E-state index contributed by atoms with van der Waals surface area (Å²) in [7, 11) is 0. The fraction of sp³-hybridized carbons (Fsp3) is 0.875. The SMILES string of the molecule is CCC(C)(C#N)C1CC1. The Balaban J connectivity index is 2.56. The van der Waals surface area contributed by atoms with Gasteiger partial charge in [0.25, 0.3) is 0 Å². The normalized spacial score (nSPS) is 24.6. The van der Waals surface area contributed by atoms with E-state index >= 15 is 0 Å². The summed E-state index contributed by atoms with van der Waals surface area (Å²) >= 11 is 0. The van der Waals surface area contributed by atoms with Crippen LogP contribution in [0.5, 0.6) is 0 Å². The maximum absolute atomic E-state index is 8.75. The molecule has 0 N–H and O–H groups in total. The molecule has 1 heteroatoms. The van der Waals surface area contributed by atoms with Crippen LogP contribution in [-0.4, -0.2) is 0 Å². The van der Waals surface area contributed by atoms with E-state index < -0.39 is 0 Å². The van der Waals surface area contributed by atoms with E-state index in [2.05, 4.69) is 19.9 Å². The first-order valence-electron chi connectivity index (χ1n) is 3.64. The van der Waals surface area contributed by atoms with Gasteiger partial charge in [-0.1, -0.05) is 6.92 Å². The summed E-state index contributed by atoms with van der Waals surface area (Å²) < 4.78 is 0. The maximum Gasteiger partial charge on any atom is 0.0689 e. The third kappa shape index (κ3) is 1.08. The van der Waals surface area contributed by atoms with E-state index in [1.54, 1.807) is 0 Å². The van der Waals surface area contributed by atoms with Crippen LogP contribution in [0.15, 0.2) is 0 Å². The number of nitrogens with zero attached hydrogens (tertiary/aromatic N) is 1. The summed E-state index contributed by atoms with van der Waals surface area (Å²) in [5.41, 5.74) is 0.000000000000000222. The minimum absolute atomic E-state index is 0.000000000000000222. The second kappa shape index (κ2) is 2.02. The fourth-order valence-corrected chi connectivity index (χ4v) is 1.18. The molecule has 0 spiro atoms. The lowest BCUT2D eigenvalue weighted by molar-refractivity contribution is 0.365. The van der Waals surface area contributed by atoms with Gasteiger partial charge in [0, 0.05) is 0 Å². The molecule has 0 amide bonds. The van der Waals surface area contributed by atoms with Gasteiger partial charge in [0.2, 0.25) is 0 Å². The minimum Gasteiger partial charge on any atom is -0.198 e. The molecule has 1 rings (SSSR count). The second-order valence-corrected chi connectivity index (χ2v) is 3.16. The molecule has 0 aromatic rings. The largest absolute Gasteiger partial charge is 0.198 e. The van der Waals surface area contributed by atoms with Gasteiger partial charge in [-0.05, 0) is 32.1 Å². The molecule has 0 aliphatic heterocycles. The molecule has 1 aliphatic carbocycles. The lowest BCUT2D eigenvalue weighted by atomic mass is 9.84. The van der Waals surface area contributed by atoms with Gasteiger partial charge in [-0.3, -0.25) is 0 Å². The Hall–Kier alpha value is -0.510. The first-order valence-corrected chi connectivity index (χ1v) is 3.64. The molecule has 1 nitrogen and oxygen atoms in total. The lowest BCUT2D eigenvalue weighted by Gasteiger charge is -2.17. The summed E-state index contributed by atoms with van der Waals surface area (Å²) in [5.74, 6) is 0.715. The van der Waals surface area contributed by atoms with E-state index in [0.29, 0.717) is 5.92 Å². The van der Waals surface area contributed by atoms with E-state index in [1.807, 2.05) is 0 Å². The van der Waals surface area contributed by atoms with Crippen molar-refractivity contribution in [2.24, 2.45) is 11.3 Å². The molecule has 0 heterocycles. The number of nitriles is 1. The van der Waals surface area contributed by atoms with Crippen molar-refractivity contribution in [1.29, 1.82) is 5.26 Å². The molecule has 0 saturated heterocycles. The van der Waals surface area contributed by atoms with E-state index in [1.165, 1.54) is 12.8 Å². The average molecular weight is 123 g/mol. The Morgan fingerprint density at radius 2 is 2.22 bits per heavy atom. The summed E-state index contributed by atoms with van der Waals surface area (Å²) in [6.07, 6.45) is 3.56. The van der Waals surface area contributed by atoms with Crippen LogP contribution in [-0.2, 0) is 0 Å². The Labute approximate surface area is 56.7 Å². The van der Waals surface area contributed by atoms with Crippen LogP contribution in [0.2, 0.25) is 0 Å². The zero-order valence-electron chi connectivity index (χ0n) is 6.15. The van der Waals surface area contributed by atoms with Crippen LogP contribution in [0.3, 0.4) is 0 Å². The summed E-state index contributed by atoms with van der Waals surface area (Å²) in [5, 5.41) is 8.75.